The summed E-state index contributed by atoms with van der Waals surface area (Å²) >= 11 is 1.30. The van der Waals surface area contributed by atoms with Gasteiger partial charge in [0.2, 0.25) is 0 Å². The second-order valence-corrected chi connectivity index (χ2v) is 8.37. The molecular formula is C26H24N2O3S. The number of anilines is 1. The number of carbonyl (C=O) groups excluding carboxylic acids is 1. The van der Waals surface area contributed by atoms with Gasteiger partial charge in [0, 0.05) is 0 Å². The number of amides is 1. The minimum Gasteiger partial charge on any atom is -0.504 e. The maximum atomic E-state index is 13.5. The lowest BCUT2D eigenvalue weighted by Crippen LogP contribution is -2.29. The smallest absolute Gasteiger partial charge is 0.271 e. The molecule has 1 saturated heterocycles. The molecule has 162 valence electrons. The highest BCUT2D eigenvalue weighted by Gasteiger charge is 2.35. The first-order valence-electron chi connectivity index (χ1n) is 10.5. The Hall–Kier alpha value is -3.51. The summed E-state index contributed by atoms with van der Waals surface area (Å²) < 4.78 is 0. The molecule has 0 bridgehead atoms. The number of rotatable bonds is 5. The molecule has 0 atom stereocenters. The van der Waals surface area contributed by atoms with Crippen LogP contribution in [0, 0.1) is 0 Å². The van der Waals surface area contributed by atoms with E-state index in [1.165, 1.54) is 23.9 Å². The van der Waals surface area contributed by atoms with Crippen LogP contribution in [0.2, 0.25) is 0 Å². The van der Waals surface area contributed by atoms with Gasteiger partial charge in [0.1, 0.15) is 0 Å². The van der Waals surface area contributed by atoms with E-state index in [0.717, 1.165) is 35.3 Å². The third-order valence-corrected chi connectivity index (χ3v) is 6.27. The minimum absolute atomic E-state index is 0.170. The largest absolute Gasteiger partial charge is 0.504 e. The van der Waals surface area contributed by atoms with E-state index in [1.54, 1.807) is 17.0 Å². The number of aryl methyl sites for hydroxylation is 2. The standard InChI is InChI=1S/C26H24N2O3S/c1-3-18-9-5-7-11-20(18)27-26-28(21-12-8-6-10-19(21)4-2)25(31)24(32-26)16-17-13-14-22(29)23(30)15-17/h5-16,29-30H,3-4H2,1-2H3. The maximum Gasteiger partial charge on any atom is 0.271 e. The van der Waals surface area contributed by atoms with Gasteiger partial charge in [0.05, 0.1) is 16.3 Å². The minimum atomic E-state index is -0.228. The number of hydrogen-bond acceptors (Lipinski definition) is 5. The number of para-hydroxylation sites is 2. The molecule has 0 aromatic heterocycles. The highest BCUT2D eigenvalue weighted by molar-refractivity contribution is 8.19. The van der Waals surface area contributed by atoms with Crippen molar-refractivity contribution in [3.8, 4) is 11.5 Å². The Labute approximate surface area is 191 Å². The van der Waals surface area contributed by atoms with Crippen molar-refractivity contribution in [2.75, 3.05) is 4.90 Å². The maximum absolute atomic E-state index is 13.5. The highest BCUT2D eigenvalue weighted by atomic mass is 32.2. The van der Waals surface area contributed by atoms with E-state index in [4.69, 9.17) is 4.99 Å². The SMILES string of the molecule is CCc1ccccc1N=C1SC(=Cc2ccc(O)c(O)c2)C(=O)N1c1ccccc1CC. The van der Waals surface area contributed by atoms with Gasteiger partial charge in [0.25, 0.3) is 5.91 Å². The fraction of sp³-hybridized carbons (Fsp3) is 0.154. The molecule has 1 amide bonds. The normalized spacial score (nSPS) is 16.3. The first-order chi connectivity index (χ1) is 15.5. The van der Waals surface area contributed by atoms with Crippen molar-refractivity contribution in [1.82, 2.24) is 0 Å². The van der Waals surface area contributed by atoms with Crippen LogP contribution in [-0.2, 0) is 17.6 Å². The topological polar surface area (TPSA) is 73.1 Å². The third-order valence-electron chi connectivity index (χ3n) is 5.31. The second-order valence-electron chi connectivity index (χ2n) is 7.36. The van der Waals surface area contributed by atoms with Crippen molar-refractivity contribution in [3.05, 3.63) is 88.3 Å². The van der Waals surface area contributed by atoms with Crippen molar-refractivity contribution >= 4 is 40.3 Å². The molecule has 6 heteroatoms. The summed E-state index contributed by atoms with van der Waals surface area (Å²) in [7, 11) is 0. The Morgan fingerprint density at radius 1 is 0.906 bits per heavy atom. The lowest BCUT2D eigenvalue weighted by molar-refractivity contribution is -0.113. The van der Waals surface area contributed by atoms with Gasteiger partial charge in [-0.15, -0.1) is 0 Å². The number of aromatic hydroxyl groups is 2. The monoisotopic (exact) mass is 444 g/mol. The number of phenolic OH excluding ortho intramolecular Hbond substituents is 2. The number of thioether (sulfide) groups is 1. The van der Waals surface area contributed by atoms with Gasteiger partial charge < -0.3 is 10.2 Å². The van der Waals surface area contributed by atoms with Crippen LogP contribution in [0.1, 0.15) is 30.5 Å². The first-order valence-corrected chi connectivity index (χ1v) is 11.3. The average Bonchev–Trinajstić information content (AvgIpc) is 3.10. The Morgan fingerprint density at radius 2 is 1.59 bits per heavy atom. The van der Waals surface area contributed by atoms with Crippen LogP contribution in [0.5, 0.6) is 11.5 Å². The summed E-state index contributed by atoms with van der Waals surface area (Å²) in [4.78, 5) is 20.6. The van der Waals surface area contributed by atoms with Gasteiger partial charge in [0.15, 0.2) is 16.7 Å². The van der Waals surface area contributed by atoms with Crippen molar-refractivity contribution in [1.29, 1.82) is 0 Å². The van der Waals surface area contributed by atoms with E-state index in [2.05, 4.69) is 13.8 Å². The van der Waals surface area contributed by atoms with Crippen molar-refractivity contribution in [3.63, 3.8) is 0 Å². The Kier molecular flexibility index (Phi) is 6.32. The lowest BCUT2D eigenvalue weighted by Gasteiger charge is -2.19. The molecule has 5 nitrogen and oxygen atoms in total. The predicted molar refractivity (Wildman–Crippen MR) is 132 cm³/mol. The zero-order valence-electron chi connectivity index (χ0n) is 17.9. The van der Waals surface area contributed by atoms with Crippen LogP contribution in [0.4, 0.5) is 11.4 Å². The Bertz CT molecular complexity index is 1230. The molecule has 1 fully saturated rings. The summed E-state index contributed by atoms with van der Waals surface area (Å²) in [6, 6.07) is 20.3. The molecule has 2 N–H and O–H groups in total. The molecule has 3 aromatic rings. The molecule has 1 aliphatic rings. The molecule has 32 heavy (non-hydrogen) atoms. The quantitative estimate of drug-likeness (QED) is 0.372. The summed E-state index contributed by atoms with van der Waals surface area (Å²) in [6.07, 6.45) is 3.34. The molecule has 3 aromatic carbocycles. The van der Waals surface area contributed by atoms with Crippen molar-refractivity contribution in [2.24, 2.45) is 4.99 Å². The van der Waals surface area contributed by atoms with Gasteiger partial charge in [-0.2, -0.15) is 0 Å². The Morgan fingerprint density at radius 3 is 2.31 bits per heavy atom. The van der Waals surface area contributed by atoms with Crippen molar-refractivity contribution in [2.45, 2.75) is 26.7 Å². The zero-order valence-corrected chi connectivity index (χ0v) is 18.8. The number of benzene rings is 3. The fourth-order valence-corrected chi connectivity index (χ4v) is 4.58. The molecule has 1 aliphatic heterocycles. The van der Waals surface area contributed by atoms with E-state index in [1.807, 2.05) is 48.5 Å². The second kappa shape index (κ2) is 9.32. The number of amidine groups is 1. The van der Waals surface area contributed by atoms with E-state index < -0.39 is 0 Å². The molecule has 4 rings (SSSR count). The van der Waals surface area contributed by atoms with Gasteiger partial charge in [-0.05, 0) is 71.6 Å². The van der Waals surface area contributed by atoms with Gasteiger partial charge in [-0.25, -0.2) is 4.99 Å². The van der Waals surface area contributed by atoms with E-state index in [9.17, 15) is 15.0 Å². The number of nitrogens with zero attached hydrogens (tertiary/aromatic N) is 2. The summed E-state index contributed by atoms with van der Waals surface area (Å²) in [6.45, 7) is 4.14. The lowest BCUT2D eigenvalue weighted by atomic mass is 10.1. The highest BCUT2D eigenvalue weighted by Crippen LogP contribution is 2.39. The molecule has 0 aliphatic carbocycles. The van der Waals surface area contributed by atoms with Crippen LogP contribution >= 0.6 is 11.8 Å². The molecular weight excluding hydrogens is 420 g/mol. The number of aliphatic imine (C=N–C) groups is 1. The van der Waals surface area contributed by atoms with Gasteiger partial charge >= 0.3 is 0 Å². The third kappa shape index (κ3) is 4.27. The van der Waals surface area contributed by atoms with Crippen LogP contribution < -0.4 is 4.90 Å². The van der Waals surface area contributed by atoms with E-state index in [-0.39, 0.29) is 17.4 Å². The number of phenols is 2. The molecule has 0 radical (unpaired) electrons. The van der Waals surface area contributed by atoms with Gasteiger partial charge in [-0.3, -0.25) is 9.69 Å². The first kappa shape index (κ1) is 21.7. The number of carbonyl (C=O) groups is 1. The fourth-order valence-electron chi connectivity index (χ4n) is 3.59. The summed E-state index contributed by atoms with van der Waals surface area (Å²) in [5.41, 5.74) is 4.44. The summed E-state index contributed by atoms with van der Waals surface area (Å²) in [5.74, 6) is -0.598. The zero-order chi connectivity index (χ0) is 22.7. The predicted octanol–water partition coefficient (Wildman–Crippen LogP) is 6.03. The summed E-state index contributed by atoms with van der Waals surface area (Å²) in [5, 5.41) is 20.0. The molecule has 0 spiro atoms. The number of hydrogen-bond donors (Lipinski definition) is 2. The van der Waals surface area contributed by atoms with Crippen LogP contribution in [0.3, 0.4) is 0 Å². The van der Waals surface area contributed by atoms with E-state index >= 15 is 0 Å². The Balaban J connectivity index is 1.84. The average molecular weight is 445 g/mol. The molecule has 0 unspecified atom stereocenters. The van der Waals surface area contributed by atoms with Crippen LogP contribution in [0.25, 0.3) is 6.08 Å². The van der Waals surface area contributed by atoms with E-state index in [0.29, 0.717) is 15.6 Å². The van der Waals surface area contributed by atoms with Crippen LogP contribution in [0.15, 0.2) is 76.6 Å². The van der Waals surface area contributed by atoms with Crippen LogP contribution in [-0.4, -0.2) is 21.3 Å². The van der Waals surface area contributed by atoms with Crippen molar-refractivity contribution < 1.29 is 15.0 Å². The molecule has 1 heterocycles. The molecule has 0 saturated carbocycles. The van der Waals surface area contributed by atoms with Gasteiger partial charge in [-0.1, -0.05) is 56.3 Å².